The molecule has 1 rings (SSSR count). The molecule has 0 aromatic rings. The zero-order chi connectivity index (χ0) is 11.8. The Morgan fingerprint density at radius 1 is 1.07 bits per heavy atom. The Bertz CT molecular complexity index is 211. The third-order valence-electron chi connectivity index (χ3n) is 2.59. The van der Waals surface area contributed by atoms with Gasteiger partial charge in [-0.1, -0.05) is 0 Å². The van der Waals surface area contributed by atoms with E-state index in [-0.39, 0.29) is 0 Å². The molecule has 0 aliphatic carbocycles. The van der Waals surface area contributed by atoms with E-state index in [0.717, 1.165) is 0 Å². The summed E-state index contributed by atoms with van der Waals surface area (Å²) in [6, 6.07) is 0. The maximum Gasteiger partial charge on any atom is 0.115 e. The minimum atomic E-state index is -1.44. The quantitative estimate of drug-likeness (QED) is 0.356. The lowest BCUT2D eigenvalue weighted by atomic mass is 9.87. The van der Waals surface area contributed by atoms with Gasteiger partial charge in [0.05, 0.1) is 12.2 Å². The van der Waals surface area contributed by atoms with E-state index in [9.17, 15) is 20.4 Å². The van der Waals surface area contributed by atoms with Gasteiger partial charge in [0.25, 0.3) is 0 Å². The minimum absolute atomic E-state index is 0.489. The Morgan fingerprint density at radius 3 is 2.00 bits per heavy atom. The van der Waals surface area contributed by atoms with Crippen molar-refractivity contribution in [3.63, 3.8) is 0 Å². The van der Waals surface area contributed by atoms with Crippen LogP contribution in [0.2, 0.25) is 0 Å². The van der Waals surface area contributed by atoms with Gasteiger partial charge in [0.2, 0.25) is 0 Å². The Hall–Kier alpha value is -0.240. The van der Waals surface area contributed by atoms with Gasteiger partial charge in [0, 0.05) is 0 Å². The summed E-state index contributed by atoms with van der Waals surface area (Å²) in [5.41, 5.74) is -1.37. The molecule has 0 aromatic carbocycles. The summed E-state index contributed by atoms with van der Waals surface area (Å²) in [7, 11) is 0. The summed E-state index contributed by atoms with van der Waals surface area (Å²) in [5.74, 6) is 0. The maximum atomic E-state index is 9.67. The van der Waals surface area contributed by atoms with E-state index in [0.29, 0.717) is 0 Å². The molecule has 0 bridgehead atoms. The van der Waals surface area contributed by atoms with Crippen molar-refractivity contribution >= 4 is 0 Å². The highest BCUT2D eigenvalue weighted by Gasteiger charge is 2.48. The SMILES string of the molecule is CC(C)(O)C1OC(CO)C(O)C(O)C1O. The molecule has 1 heterocycles. The first-order chi connectivity index (χ1) is 6.79. The van der Waals surface area contributed by atoms with Crippen molar-refractivity contribution in [3.8, 4) is 0 Å². The summed E-state index contributed by atoms with van der Waals surface area (Å²) in [6.45, 7) is 2.34. The first kappa shape index (κ1) is 12.8. The topological polar surface area (TPSA) is 110 Å². The van der Waals surface area contributed by atoms with E-state index < -0.39 is 42.7 Å². The first-order valence-corrected chi connectivity index (χ1v) is 4.82. The van der Waals surface area contributed by atoms with E-state index >= 15 is 0 Å². The molecule has 6 nitrogen and oxygen atoms in total. The lowest BCUT2D eigenvalue weighted by molar-refractivity contribution is -0.263. The van der Waals surface area contributed by atoms with Gasteiger partial charge in [0.15, 0.2) is 0 Å². The van der Waals surface area contributed by atoms with Crippen LogP contribution in [0.4, 0.5) is 0 Å². The summed E-state index contributed by atoms with van der Waals surface area (Å²) >= 11 is 0. The van der Waals surface area contributed by atoms with Gasteiger partial charge in [0.1, 0.15) is 30.5 Å². The van der Waals surface area contributed by atoms with Crippen molar-refractivity contribution in [1.29, 1.82) is 0 Å². The average Bonchev–Trinajstić information content (AvgIpc) is 2.13. The van der Waals surface area contributed by atoms with Crippen LogP contribution in [0, 0.1) is 0 Å². The molecule has 90 valence electrons. The van der Waals surface area contributed by atoms with Gasteiger partial charge in [-0.3, -0.25) is 0 Å². The lowest BCUT2D eigenvalue weighted by Crippen LogP contribution is -2.63. The largest absolute Gasteiger partial charge is 0.394 e. The fourth-order valence-corrected chi connectivity index (χ4v) is 1.69. The van der Waals surface area contributed by atoms with Crippen LogP contribution in [0.3, 0.4) is 0 Å². The number of aliphatic hydroxyl groups is 5. The molecule has 6 heteroatoms. The molecule has 0 spiro atoms. The van der Waals surface area contributed by atoms with Gasteiger partial charge < -0.3 is 30.3 Å². The molecule has 0 aromatic heterocycles. The Morgan fingerprint density at radius 2 is 1.60 bits per heavy atom. The van der Waals surface area contributed by atoms with Gasteiger partial charge in [-0.2, -0.15) is 0 Å². The molecule has 1 fully saturated rings. The van der Waals surface area contributed by atoms with Gasteiger partial charge in [-0.05, 0) is 13.8 Å². The highest BCUT2D eigenvalue weighted by Crippen LogP contribution is 2.27. The molecule has 5 unspecified atom stereocenters. The molecule has 5 atom stereocenters. The van der Waals surface area contributed by atoms with Crippen LogP contribution in [-0.2, 0) is 4.74 Å². The van der Waals surface area contributed by atoms with Crippen molar-refractivity contribution in [2.75, 3.05) is 6.61 Å². The molecule has 0 radical (unpaired) electrons. The van der Waals surface area contributed by atoms with Crippen LogP contribution in [0.5, 0.6) is 0 Å². The Labute approximate surface area is 87.7 Å². The smallest absolute Gasteiger partial charge is 0.115 e. The van der Waals surface area contributed by atoms with Crippen molar-refractivity contribution in [2.45, 2.75) is 50.0 Å². The number of hydrogen-bond acceptors (Lipinski definition) is 6. The molecule has 0 saturated carbocycles. The second kappa shape index (κ2) is 4.32. The van der Waals surface area contributed by atoms with E-state index in [4.69, 9.17) is 9.84 Å². The first-order valence-electron chi connectivity index (χ1n) is 4.82. The average molecular weight is 222 g/mol. The molecule has 1 aliphatic rings. The number of ether oxygens (including phenoxy) is 1. The van der Waals surface area contributed by atoms with Gasteiger partial charge in [-0.15, -0.1) is 0 Å². The third kappa shape index (κ3) is 2.47. The molecular weight excluding hydrogens is 204 g/mol. The molecule has 1 saturated heterocycles. The van der Waals surface area contributed by atoms with E-state index in [1.165, 1.54) is 13.8 Å². The number of aliphatic hydroxyl groups excluding tert-OH is 4. The lowest BCUT2D eigenvalue weighted by Gasteiger charge is -2.44. The molecule has 0 amide bonds. The van der Waals surface area contributed by atoms with E-state index in [2.05, 4.69) is 0 Å². The van der Waals surface area contributed by atoms with Gasteiger partial charge in [-0.25, -0.2) is 0 Å². The Kier molecular flexibility index (Phi) is 3.70. The molecular formula is C9H18O6. The maximum absolute atomic E-state index is 9.67. The molecule has 15 heavy (non-hydrogen) atoms. The monoisotopic (exact) mass is 222 g/mol. The predicted octanol–water partition coefficient (Wildman–Crippen LogP) is -2.40. The summed E-state index contributed by atoms with van der Waals surface area (Å²) in [4.78, 5) is 0. The highest BCUT2D eigenvalue weighted by molar-refractivity contribution is 4.97. The highest BCUT2D eigenvalue weighted by atomic mass is 16.6. The van der Waals surface area contributed by atoms with Crippen LogP contribution >= 0.6 is 0 Å². The van der Waals surface area contributed by atoms with Crippen LogP contribution in [-0.4, -0.2) is 68.3 Å². The van der Waals surface area contributed by atoms with Crippen LogP contribution < -0.4 is 0 Å². The fourth-order valence-electron chi connectivity index (χ4n) is 1.69. The van der Waals surface area contributed by atoms with Crippen molar-refractivity contribution in [3.05, 3.63) is 0 Å². The standard InChI is InChI=1S/C9H18O6/c1-9(2,14)8-7(13)6(12)5(11)4(3-10)15-8/h4-8,10-14H,3H2,1-2H3. The minimum Gasteiger partial charge on any atom is -0.394 e. The van der Waals surface area contributed by atoms with Crippen LogP contribution in [0.1, 0.15) is 13.8 Å². The van der Waals surface area contributed by atoms with Crippen LogP contribution in [0.25, 0.3) is 0 Å². The van der Waals surface area contributed by atoms with Gasteiger partial charge >= 0.3 is 0 Å². The second-order valence-electron chi connectivity index (χ2n) is 4.40. The summed E-state index contributed by atoms with van der Waals surface area (Å²) in [6.07, 6.45) is -6.23. The van der Waals surface area contributed by atoms with E-state index in [1.807, 2.05) is 0 Å². The van der Waals surface area contributed by atoms with Crippen molar-refractivity contribution in [1.82, 2.24) is 0 Å². The number of hydrogen-bond donors (Lipinski definition) is 5. The number of rotatable bonds is 2. The molecule has 1 aliphatic heterocycles. The summed E-state index contributed by atoms with van der Waals surface area (Å²) < 4.78 is 5.13. The predicted molar refractivity (Wildman–Crippen MR) is 50.1 cm³/mol. The molecule has 5 N–H and O–H groups in total. The second-order valence-corrected chi connectivity index (χ2v) is 4.40. The zero-order valence-corrected chi connectivity index (χ0v) is 8.74. The normalized spacial score (nSPS) is 43.0. The van der Waals surface area contributed by atoms with Crippen molar-refractivity contribution < 1.29 is 30.3 Å². The Balaban J connectivity index is 2.83. The third-order valence-corrected chi connectivity index (χ3v) is 2.59. The zero-order valence-electron chi connectivity index (χ0n) is 8.74. The van der Waals surface area contributed by atoms with E-state index in [1.54, 1.807) is 0 Å². The fraction of sp³-hybridized carbons (Fsp3) is 1.00. The summed E-state index contributed by atoms with van der Waals surface area (Å²) in [5, 5.41) is 47.0. The van der Waals surface area contributed by atoms with Crippen LogP contribution in [0.15, 0.2) is 0 Å². The van der Waals surface area contributed by atoms with Crippen molar-refractivity contribution in [2.24, 2.45) is 0 Å².